The summed E-state index contributed by atoms with van der Waals surface area (Å²) >= 11 is 6.77. The molecule has 1 aromatic carbocycles. The second-order valence-electron chi connectivity index (χ2n) is 5.24. The lowest BCUT2D eigenvalue weighted by molar-refractivity contribution is -0.116. The van der Waals surface area contributed by atoms with Crippen LogP contribution in [0.25, 0.3) is 10.6 Å². The lowest BCUT2D eigenvalue weighted by atomic mass is 10.2. The van der Waals surface area contributed by atoms with E-state index in [9.17, 15) is 4.79 Å². The van der Waals surface area contributed by atoms with Crippen LogP contribution < -0.4 is 5.32 Å². The highest BCUT2D eigenvalue weighted by molar-refractivity contribution is 7.71. The predicted molar refractivity (Wildman–Crippen MR) is 97.6 cm³/mol. The number of H-pyrrole nitrogens is 1. The predicted octanol–water partition coefficient (Wildman–Crippen LogP) is 3.66. The van der Waals surface area contributed by atoms with Gasteiger partial charge < -0.3 is 5.32 Å². The Labute approximate surface area is 148 Å². The van der Waals surface area contributed by atoms with Gasteiger partial charge in [-0.15, -0.1) is 11.3 Å². The third-order valence-corrected chi connectivity index (χ3v) is 4.59. The first kappa shape index (κ1) is 16.5. The summed E-state index contributed by atoms with van der Waals surface area (Å²) in [5.74, 6) is 0.670. The monoisotopic (exact) mass is 359 g/mol. The Balaban J connectivity index is 1.67. The molecule has 3 aromatic rings. The van der Waals surface area contributed by atoms with Crippen molar-refractivity contribution < 1.29 is 4.79 Å². The van der Waals surface area contributed by atoms with Gasteiger partial charge in [0.15, 0.2) is 4.77 Å². The standard InChI is InChI=1S/C16H17N5OS2/c1-2-3-13-19-20-16(23)21(13)10-14(22)18-12-6-4-11(5-7-12)15-17-8-9-24-15/h4-9H,2-3,10H2,1H3,(H,18,22)(H,20,23). The smallest absolute Gasteiger partial charge is 0.244 e. The van der Waals surface area contributed by atoms with Gasteiger partial charge in [0, 0.05) is 29.2 Å². The third kappa shape index (κ3) is 3.77. The molecule has 0 fully saturated rings. The normalized spacial score (nSPS) is 10.7. The van der Waals surface area contributed by atoms with E-state index in [1.165, 1.54) is 0 Å². The van der Waals surface area contributed by atoms with E-state index in [4.69, 9.17) is 12.2 Å². The molecule has 0 aliphatic heterocycles. The maximum atomic E-state index is 12.3. The number of aromatic nitrogens is 4. The Bertz CT molecular complexity index is 865. The summed E-state index contributed by atoms with van der Waals surface area (Å²) < 4.78 is 2.20. The number of aromatic amines is 1. The fourth-order valence-electron chi connectivity index (χ4n) is 2.33. The van der Waals surface area contributed by atoms with Gasteiger partial charge in [0.05, 0.1) is 0 Å². The molecule has 0 radical (unpaired) electrons. The molecule has 3 rings (SSSR count). The van der Waals surface area contributed by atoms with Crippen LogP contribution in [-0.2, 0) is 17.8 Å². The van der Waals surface area contributed by atoms with Crippen molar-refractivity contribution in [1.29, 1.82) is 0 Å². The summed E-state index contributed by atoms with van der Waals surface area (Å²) in [5, 5.41) is 12.7. The van der Waals surface area contributed by atoms with E-state index in [0.717, 1.165) is 34.9 Å². The van der Waals surface area contributed by atoms with Crippen molar-refractivity contribution in [2.45, 2.75) is 26.3 Å². The molecular weight excluding hydrogens is 342 g/mol. The van der Waals surface area contributed by atoms with Crippen molar-refractivity contribution in [2.75, 3.05) is 5.32 Å². The van der Waals surface area contributed by atoms with Crippen LogP contribution in [0.1, 0.15) is 19.2 Å². The number of carbonyl (C=O) groups is 1. The topological polar surface area (TPSA) is 75.6 Å². The first-order valence-electron chi connectivity index (χ1n) is 7.61. The minimum Gasteiger partial charge on any atom is -0.325 e. The van der Waals surface area contributed by atoms with Crippen LogP contribution in [0.4, 0.5) is 5.69 Å². The number of anilines is 1. The van der Waals surface area contributed by atoms with Crippen LogP contribution in [0.15, 0.2) is 35.8 Å². The fraction of sp³-hybridized carbons (Fsp3) is 0.250. The molecule has 0 saturated carbocycles. The number of thiazole rings is 1. The van der Waals surface area contributed by atoms with E-state index in [-0.39, 0.29) is 12.5 Å². The summed E-state index contributed by atoms with van der Waals surface area (Å²) in [7, 11) is 0. The molecule has 124 valence electrons. The van der Waals surface area contributed by atoms with Gasteiger partial charge in [0.1, 0.15) is 17.4 Å². The number of rotatable bonds is 6. The average Bonchev–Trinajstić information content (AvgIpc) is 3.21. The summed E-state index contributed by atoms with van der Waals surface area (Å²) in [6, 6.07) is 7.63. The van der Waals surface area contributed by atoms with Crippen molar-refractivity contribution in [2.24, 2.45) is 0 Å². The molecule has 0 spiro atoms. The molecule has 0 aliphatic carbocycles. The highest BCUT2D eigenvalue weighted by Gasteiger charge is 2.10. The Morgan fingerprint density at radius 2 is 2.17 bits per heavy atom. The molecule has 24 heavy (non-hydrogen) atoms. The quantitative estimate of drug-likeness (QED) is 0.659. The summed E-state index contributed by atoms with van der Waals surface area (Å²) in [6.45, 7) is 2.21. The number of carbonyl (C=O) groups excluding carboxylic acids is 1. The average molecular weight is 359 g/mol. The van der Waals surface area contributed by atoms with Crippen LogP contribution in [0.5, 0.6) is 0 Å². The molecule has 6 nitrogen and oxygen atoms in total. The van der Waals surface area contributed by atoms with Crippen molar-refractivity contribution in [3.05, 3.63) is 46.4 Å². The largest absolute Gasteiger partial charge is 0.325 e. The van der Waals surface area contributed by atoms with E-state index in [0.29, 0.717) is 4.77 Å². The Kier molecular flexibility index (Phi) is 5.17. The van der Waals surface area contributed by atoms with Gasteiger partial charge in [-0.25, -0.2) is 4.98 Å². The highest BCUT2D eigenvalue weighted by Crippen LogP contribution is 2.23. The molecule has 0 aliphatic rings. The molecule has 2 heterocycles. The zero-order valence-electron chi connectivity index (χ0n) is 13.2. The second kappa shape index (κ2) is 7.50. The zero-order valence-corrected chi connectivity index (χ0v) is 14.8. The minimum absolute atomic E-state index is 0.133. The van der Waals surface area contributed by atoms with Gasteiger partial charge in [0.2, 0.25) is 5.91 Å². The van der Waals surface area contributed by atoms with Gasteiger partial charge >= 0.3 is 0 Å². The number of benzene rings is 1. The second-order valence-corrected chi connectivity index (χ2v) is 6.53. The Morgan fingerprint density at radius 3 is 2.83 bits per heavy atom. The van der Waals surface area contributed by atoms with Gasteiger partial charge in [-0.1, -0.05) is 6.92 Å². The van der Waals surface area contributed by atoms with Gasteiger partial charge in [-0.05, 0) is 42.9 Å². The number of nitrogens with one attached hydrogen (secondary N) is 2. The van der Waals surface area contributed by atoms with Gasteiger partial charge in [0.25, 0.3) is 0 Å². The SMILES string of the molecule is CCCc1n[nH]c(=S)n1CC(=O)Nc1ccc(-c2nccs2)cc1. The zero-order chi connectivity index (χ0) is 16.9. The van der Waals surface area contributed by atoms with Crippen molar-refractivity contribution >= 4 is 35.1 Å². The lowest BCUT2D eigenvalue weighted by Gasteiger charge is -2.08. The fourth-order valence-corrected chi connectivity index (χ4v) is 3.19. The van der Waals surface area contributed by atoms with E-state index in [1.54, 1.807) is 22.1 Å². The Hall–Kier alpha value is -2.32. The number of nitrogens with zero attached hydrogens (tertiary/aromatic N) is 3. The summed E-state index contributed by atoms with van der Waals surface area (Å²) in [4.78, 5) is 16.5. The van der Waals surface area contributed by atoms with E-state index >= 15 is 0 Å². The van der Waals surface area contributed by atoms with Crippen molar-refractivity contribution in [3.8, 4) is 10.6 Å². The molecular formula is C16H17N5OS2. The van der Waals surface area contributed by atoms with Gasteiger partial charge in [-0.3, -0.25) is 14.5 Å². The van der Waals surface area contributed by atoms with Gasteiger partial charge in [-0.2, -0.15) is 5.10 Å². The number of hydrogen-bond donors (Lipinski definition) is 2. The van der Waals surface area contributed by atoms with Crippen LogP contribution in [0.3, 0.4) is 0 Å². The van der Waals surface area contributed by atoms with E-state index < -0.39 is 0 Å². The maximum Gasteiger partial charge on any atom is 0.244 e. The molecule has 0 unspecified atom stereocenters. The number of aryl methyl sites for hydroxylation is 1. The Morgan fingerprint density at radius 1 is 1.38 bits per heavy atom. The molecule has 8 heteroatoms. The minimum atomic E-state index is -0.133. The molecule has 1 amide bonds. The highest BCUT2D eigenvalue weighted by atomic mass is 32.1. The van der Waals surface area contributed by atoms with Crippen molar-refractivity contribution in [3.63, 3.8) is 0 Å². The molecule has 2 aromatic heterocycles. The third-order valence-electron chi connectivity index (χ3n) is 3.46. The first-order chi connectivity index (χ1) is 11.7. The van der Waals surface area contributed by atoms with E-state index in [1.807, 2.05) is 29.6 Å². The number of amides is 1. The first-order valence-corrected chi connectivity index (χ1v) is 8.90. The van der Waals surface area contributed by atoms with Crippen LogP contribution >= 0.6 is 23.6 Å². The molecule has 0 atom stereocenters. The van der Waals surface area contributed by atoms with Crippen LogP contribution in [0, 0.1) is 4.77 Å². The van der Waals surface area contributed by atoms with E-state index in [2.05, 4.69) is 27.4 Å². The maximum absolute atomic E-state index is 12.3. The summed E-state index contributed by atoms with van der Waals surface area (Å²) in [6.07, 6.45) is 3.50. The molecule has 0 saturated heterocycles. The molecule has 2 N–H and O–H groups in total. The van der Waals surface area contributed by atoms with Crippen LogP contribution in [0.2, 0.25) is 0 Å². The molecule has 0 bridgehead atoms. The van der Waals surface area contributed by atoms with Crippen LogP contribution in [-0.4, -0.2) is 25.7 Å². The number of hydrogen-bond acceptors (Lipinski definition) is 5. The lowest BCUT2D eigenvalue weighted by Crippen LogP contribution is -2.20. The van der Waals surface area contributed by atoms with Crippen molar-refractivity contribution in [1.82, 2.24) is 19.7 Å². The summed E-state index contributed by atoms with van der Waals surface area (Å²) in [5.41, 5.74) is 1.78.